The second-order valence-electron chi connectivity index (χ2n) is 7.52. The molecule has 0 bridgehead atoms. The predicted molar refractivity (Wildman–Crippen MR) is 102 cm³/mol. The average Bonchev–Trinajstić information content (AvgIpc) is 3.11. The van der Waals surface area contributed by atoms with Gasteiger partial charge in [0.2, 0.25) is 5.65 Å². The van der Waals surface area contributed by atoms with Crippen molar-refractivity contribution in [3.05, 3.63) is 42.7 Å². The van der Waals surface area contributed by atoms with E-state index in [-0.39, 0.29) is 0 Å². The zero-order valence-corrected chi connectivity index (χ0v) is 15.1. The molecule has 134 valence electrons. The van der Waals surface area contributed by atoms with Gasteiger partial charge in [-0.1, -0.05) is 36.8 Å². The van der Waals surface area contributed by atoms with E-state index in [1.165, 1.54) is 25.8 Å². The van der Waals surface area contributed by atoms with E-state index < -0.39 is 0 Å². The summed E-state index contributed by atoms with van der Waals surface area (Å²) in [4.78, 5) is 5.12. The lowest BCUT2D eigenvalue weighted by Gasteiger charge is -2.50. The maximum Gasteiger partial charge on any atom is 0.200 e. The molecule has 0 saturated carbocycles. The van der Waals surface area contributed by atoms with E-state index in [0.717, 1.165) is 35.7 Å². The van der Waals surface area contributed by atoms with Crippen molar-refractivity contribution >= 4 is 11.3 Å². The first-order valence-corrected chi connectivity index (χ1v) is 9.57. The van der Waals surface area contributed by atoms with Crippen LogP contribution in [0.2, 0.25) is 0 Å². The van der Waals surface area contributed by atoms with Crippen LogP contribution in [0.5, 0.6) is 0 Å². The predicted octanol–water partition coefficient (Wildman–Crippen LogP) is 2.85. The molecule has 6 heteroatoms. The van der Waals surface area contributed by atoms with Crippen LogP contribution in [0.25, 0.3) is 16.9 Å². The summed E-state index contributed by atoms with van der Waals surface area (Å²) in [6.45, 7) is 5.74. The van der Waals surface area contributed by atoms with E-state index >= 15 is 0 Å². The molecule has 2 aliphatic heterocycles. The Kier molecular flexibility index (Phi) is 3.85. The molecule has 1 unspecified atom stereocenters. The highest BCUT2D eigenvalue weighted by Gasteiger charge is 2.36. The number of fused-ring (bicyclic) bond motifs is 1. The summed E-state index contributed by atoms with van der Waals surface area (Å²) in [6.07, 6.45) is 5.73. The molecule has 2 fully saturated rings. The largest absolute Gasteiger partial charge is 0.365 e. The van der Waals surface area contributed by atoms with E-state index in [9.17, 15) is 0 Å². The lowest BCUT2D eigenvalue weighted by Crippen LogP contribution is -2.62. The highest BCUT2D eigenvalue weighted by molar-refractivity contribution is 5.75. The normalized spacial score (nSPS) is 21.9. The summed E-state index contributed by atoms with van der Waals surface area (Å²) in [7, 11) is 0. The molecule has 2 aliphatic rings. The number of anilines is 1. The van der Waals surface area contributed by atoms with Gasteiger partial charge in [-0.2, -0.15) is 9.61 Å². The van der Waals surface area contributed by atoms with Crippen LogP contribution in [0, 0.1) is 0 Å². The fourth-order valence-corrected chi connectivity index (χ4v) is 4.32. The molecule has 0 N–H and O–H groups in total. The Bertz CT molecular complexity index is 899. The Hall–Kier alpha value is -2.47. The van der Waals surface area contributed by atoms with Crippen LogP contribution in [0.4, 0.5) is 5.69 Å². The van der Waals surface area contributed by atoms with Crippen LogP contribution in [0.1, 0.15) is 26.2 Å². The minimum absolute atomic E-state index is 0.654. The Morgan fingerprint density at radius 3 is 2.73 bits per heavy atom. The maximum absolute atomic E-state index is 4.68. The van der Waals surface area contributed by atoms with E-state index in [4.69, 9.17) is 0 Å². The van der Waals surface area contributed by atoms with Crippen LogP contribution in [-0.2, 0) is 0 Å². The lowest BCUT2D eigenvalue weighted by atomic mass is 9.97. The Balaban J connectivity index is 1.43. The third-order valence-electron chi connectivity index (χ3n) is 5.84. The topological polar surface area (TPSA) is 49.6 Å². The number of benzene rings is 1. The SMILES string of the molecule is CC1CCCCN1C1CN(c2cc(-c3ccccc3)nn3cnnc23)C1. The Labute approximate surface area is 153 Å². The number of hydrogen-bond acceptors (Lipinski definition) is 5. The summed E-state index contributed by atoms with van der Waals surface area (Å²) in [5, 5.41) is 13.1. The molecular weight excluding hydrogens is 324 g/mol. The van der Waals surface area contributed by atoms with Gasteiger partial charge in [0.1, 0.15) is 6.33 Å². The van der Waals surface area contributed by atoms with Gasteiger partial charge in [0.15, 0.2) is 0 Å². The zero-order valence-electron chi connectivity index (χ0n) is 15.1. The summed E-state index contributed by atoms with van der Waals surface area (Å²) < 4.78 is 1.80. The molecule has 5 rings (SSSR count). The molecule has 2 aromatic heterocycles. The first kappa shape index (κ1) is 15.8. The second kappa shape index (κ2) is 6.36. The number of nitrogens with zero attached hydrogens (tertiary/aromatic N) is 6. The van der Waals surface area contributed by atoms with Crippen molar-refractivity contribution in [3.63, 3.8) is 0 Å². The first-order valence-electron chi connectivity index (χ1n) is 9.57. The van der Waals surface area contributed by atoms with Gasteiger partial charge < -0.3 is 4.90 Å². The Morgan fingerprint density at radius 2 is 1.92 bits per heavy atom. The van der Waals surface area contributed by atoms with Gasteiger partial charge in [-0.25, -0.2) is 0 Å². The van der Waals surface area contributed by atoms with Crippen molar-refractivity contribution in [2.24, 2.45) is 0 Å². The fraction of sp³-hybridized carbons (Fsp3) is 0.450. The molecule has 0 spiro atoms. The summed E-state index contributed by atoms with van der Waals surface area (Å²) >= 11 is 0. The highest BCUT2D eigenvalue weighted by atomic mass is 15.4. The van der Waals surface area contributed by atoms with Crippen LogP contribution in [0.3, 0.4) is 0 Å². The molecule has 2 saturated heterocycles. The monoisotopic (exact) mass is 348 g/mol. The number of likely N-dealkylation sites (tertiary alicyclic amines) is 1. The van der Waals surface area contributed by atoms with Gasteiger partial charge in [0.05, 0.1) is 11.4 Å². The van der Waals surface area contributed by atoms with E-state index in [2.05, 4.69) is 50.2 Å². The molecule has 6 nitrogen and oxygen atoms in total. The lowest BCUT2D eigenvalue weighted by molar-refractivity contribution is 0.0876. The number of aromatic nitrogens is 4. The Morgan fingerprint density at radius 1 is 1.08 bits per heavy atom. The van der Waals surface area contributed by atoms with Gasteiger partial charge in [-0.15, -0.1) is 10.2 Å². The third-order valence-corrected chi connectivity index (χ3v) is 5.84. The maximum atomic E-state index is 4.68. The zero-order chi connectivity index (χ0) is 17.5. The van der Waals surface area contributed by atoms with E-state index in [1.54, 1.807) is 10.8 Å². The first-order chi connectivity index (χ1) is 12.8. The van der Waals surface area contributed by atoms with Crippen LogP contribution >= 0.6 is 0 Å². The van der Waals surface area contributed by atoms with Crippen LogP contribution in [0.15, 0.2) is 42.7 Å². The fourth-order valence-electron chi connectivity index (χ4n) is 4.32. The quantitative estimate of drug-likeness (QED) is 0.728. The molecule has 4 heterocycles. The van der Waals surface area contributed by atoms with E-state index in [1.807, 2.05) is 18.2 Å². The molecule has 1 aromatic carbocycles. The van der Waals surface area contributed by atoms with Crippen molar-refractivity contribution in [3.8, 4) is 11.3 Å². The van der Waals surface area contributed by atoms with Crippen LogP contribution < -0.4 is 4.90 Å². The molecule has 0 amide bonds. The highest BCUT2D eigenvalue weighted by Crippen LogP contribution is 2.32. The molecule has 0 radical (unpaired) electrons. The van der Waals surface area contributed by atoms with Gasteiger partial charge in [-0.05, 0) is 32.4 Å². The summed E-state index contributed by atoms with van der Waals surface area (Å²) in [5.74, 6) is 0. The second-order valence-corrected chi connectivity index (χ2v) is 7.52. The number of rotatable bonds is 3. The minimum atomic E-state index is 0.654. The molecule has 3 aromatic rings. The number of piperidine rings is 1. The molecular formula is C20H24N6. The smallest absolute Gasteiger partial charge is 0.200 e. The van der Waals surface area contributed by atoms with Gasteiger partial charge >= 0.3 is 0 Å². The van der Waals surface area contributed by atoms with Crippen LogP contribution in [-0.4, -0.2) is 56.4 Å². The van der Waals surface area contributed by atoms with E-state index in [0.29, 0.717) is 12.1 Å². The molecule has 1 atom stereocenters. The van der Waals surface area contributed by atoms with Gasteiger partial charge in [0, 0.05) is 30.7 Å². The standard InChI is InChI=1S/C20H24N6/c1-15-7-5-6-10-25(15)17-12-24(13-17)19-11-18(16-8-3-2-4-9-16)23-26-14-21-22-20(19)26/h2-4,8-9,11,14-15,17H,5-7,10,12-13H2,1H3. The van der Waals surface area contributed by atoms with Crippen molar-refractivity contribution in [1.82, 2.24) is 24.7 Å². The van der Waals surface area contributed by atoms with Gasteiger partial charge in [-0.3, -0.25) is 4.90 Å². The molecule has 0 aliphatic carbocycles. The average molecular weight is 348 g/mol. The minimum Gasteiger partial charge on any atom is -0.365 e. The summed E-state index contributed by atoms with van der Waals surface area (Å²) in [5.41, 5.74) is 4.06. The summed E-state index contributed by atoms with van der Waals surface area (Å²) in [6, 6.07) is 13.8. The van der Waals surface area contributed by atoms with Crippen molar-refractivity contribution < 1.29 is 0 Å². The number of hydrogen-bond donors (Lipinski definition) is 0. The van der Waals surface area contributed by atoms with Crippen molar-refractivity contribution in [1.29, 1.82) is 0 Å². The molecule has 26 heavy (non-hydrogen) atoms. The van der Waals surface area contributed by atoms with Gasteiger partial charge in [0.25, 0.3) is 0 Å². The third kappa shape index (κ3) is 2.65. The van der Waals surface area contributed by atoms with Crippen molar-refractivity contribution in [2.75, 3.05) is 24.5 Å². The van der Waals surface area contributed by atoms with Crippen molar-refractivity contribution in [2.45, 2.75) is 38.3 Å².